The van der Waals surface area contributed by atoms with Crippen molar-refractivity contribution in [2.75, 3.05) is 6.54 Å². The first-order valence-electron chi connectivity index (χ1n) is 6.88. The van der Waals surface area contributed by atoms with Crippen LogP contribution in [0.25, 0.3) is 0 Å². The molecule has 0 aromatic rings. The fraction of sp³-hybridized carbons (Fsp3) is 0.769. The third-order valence-electron chi connectivity index (χ3n) is 4.68. The highest BCUT2D eigenvalue weighted by Gasteiger charge is 2.62. The molecule has 1 aliphatic carbocycles. The van der Waals surface area contributed by atoms with Crippen LogP contribution in [0, 0.1) is 0 Å². The average molecular weight is 266 g/mol. The Balaban J connectivity index is 2.02. The molecule has 0 spiro atoms. The zero-order valence-electron chi connectivity index (χ0n) is 10.7. The van der Waals surface area contributed by atoms with Gasteiger partial charge in [0, 0.05) is 12.6 Å². The molecular formula is C13H18N2O4. The standard InChI is InChI=1S/C13H18N2O4/c16-8-15(9-4-5-9)13(12(18)19)7-11(17)14-6-2-1-3-10(13)14/h8-10H,1-7H2,(H,18,19). The Morgan fingerprint density at radius 3 is 2.68 bits per heavy atom. The maximum absolute atomic E-state index is 12.1. The lowest BCUT2D eigenvalue weighted by molar-refractivity contribution is -0.158. The number of carboxylic acid groups (broad SMARTS) is 1. The van der Waals surface area contributed by atoms with Crippen LogP contribution < -0.4 is 0 Å². The second-order valence-corrected chi connectivity index (χ2v) is 5.75. The largest absolute Gasteiger partial charge is 0.479 e. The maximum Gasteiger partial charge on any atom is 0.332 e. The highest BCUT2D eigenvalue weighted by molar-refractivity contribution is 5.94. The molecule has 19 heavy (non-hydrogen) atoms. The van der Waals surface area contributed by atoms with Crippen molar-refractivity contribution in [3.8, 4) is 0 Å². The number of amides is 2. The van der Waals surface area contributed by atoms with Crippen molar-refractivity contribution >= 4 is 18.3 Å². The molecular weight excluding hydrogens is 248 g/mol. The molecule has 0 bridgehead atoms. The molecule has 2 aliphatic heterocycles. The van der Waals surface area contributed by atoms with Crippen LogP contribution in [0.3, 0.4) is 0 Å². The van der Waals surface area contributed by atoms with Crippen molar-refractivity contribution in [3.05, 3.63) is 0 Å². The number of nitrogens with zero attached hydrogens (tertiary/aromatic N) is 2. The first kappa shape index (κ1) is 12.4. The normalized spacial score (nSPS) is 34.0. The summed E-state index contributed by atoms with van der Waals surface area (Å²) in [5, 5.41) is 9.72. The number of carboxylic acids is 1. The van der Waals surface area contributed by atoms with Crippen LogP contribution in [0.2, 0.25) is 0 Å². The van der Waals surface area contributed by atoms with E-state index in [2.05, 4.69) is 0 Å². The Hall–Kier alpha value is -1.59. The molecule has 3 aliphatic rings. The van der Waals surface area contributed by atoms with Crippen LogP contribution in [0.1, 0.15) is 38.5 Å². The summed E-state index contributed by atoms with van der Waals surface area (Å²) in [6.45, 7) is 0.621. The lowest BCUT2D eigenvalue weighted by Crippen LogP contribution is -2.62. The van der Waals surface area contributed by atoms with Gasteiger partial charge in [-0.15, -0.1) is 0 Å². The average Bonchev–Trinajstić information content (AvgIpc) is 3.17. The van der Waals surface area contributed by atoms with Gasteiger partial charge in [-0.2, -0.15) is 0 Å². The fourth-order valence-corrected chi connectivity index (χ4v) is 3.63. The van der Waals surface area contributed by atoms with Crippen LogP contribution in [-0.4, -0.2) is 57.4 Å². The monoisotopic (exact) mass is 266 g/mol. The number of aliphatic carboxylic acids is 1. The van der Waals surface area contributed by atoms with E-state index in [0.29, 0.717) is 19.4 Å². The van der Waals surface area contributed by atoms with Gasteiger partial charge in [0.2, 0.25) is 12.3 Å². The Labute approximate surface area is 111 Å². The summed E-state index contributed by atoms with van der Waals surface area (Å²) in [6.07, 6.45) is 4.77. The van der Waals surface area contributed by atoms with E-state index >= 15 is 0 Å². The fourth-order valence-electron chi connectivity index (χ4n) is 3.63. The zero-order chi connectivity index (χ0) is 13.6. The number of piperidine rings is 1. The van der Waals surface area contributed by atoms with Gasteiger partial charge in [0.05, 0.1) is 12.5 Å². The van der Waals surface area contributed by atoms with E-state index < -0.39 is 11.5 Å². The minimum atomic E-state index is -1.33. The van der Waals surface area contributed by atoms with Crippen molar-refractivity contribution < 1.29 is 19.5 Å². The van der Waals surface area contributed by atoms with Gasteiger partial charge < -0.3 is 14.9 Å². The smallest absolute Gasteiger partial charge is 0.332 e. The second kappa shape index (κ2) is 4.21. The summed E-state index contributed by atoms with van der Waals surface area (Å²) in [4.78, 5) is 38.5. The SMILES string of the molecule is O=CN(C1CC1)C1(C(=O)O)CC(=O)N2CCCCC21. The zero-order valence-corrected chi connectivity index (χ0v) is 10.7. The van der Waals surface area contributed by atoms with Crippen LogP contribution >= 0.6 is 0 Å². The summed E-state index contributed by atoms with van der Waals surface area (Å²) in [6, 6.07) is -0.347. The molecule has 0 radical (unpaired) electrons. The summed E-state index contributed by atoms with van der Waals surface area (Å²) in [5.74, 6) is -1.16. The number of rotatable bonds is 4. The van der Waals surface area contributed by atoms with Crippen molar-refractivity contribution in [2.45, 2.75) is 56.1 Å². The quantitative estimate of drug-likeness (QED) is 0.738. The Morgan fingerprint density at radius 2 is 2.11 bits per heavy atom. The predicted molar refractivity (Wildman–Crippen MR) is 65.3 cm³/mol. The van der Waals surface area contributed by atoms with Crippen LogP contribution in [-0.2, 0) is 14.4 Å². The Bertz CT molecular complexity index is 434. The molecule has 2 saturated heterocycles. The van der Waals surface area contributed by atoms with E-state index in [4.69, 9.17) is 0 Å². The molecule has 2 atom stereocenters. The lowest BCUT2D eigenvalue weighted by Gasteiger charge is -2.42. The van der Waals surface area contributed by atoms with Gasteiger partial charge in [-0.3, -0.25) is 9.59 Å². The number of hydrogen-bond donors (Lipinski definition) is 1. The predicted octanol–water partition coefficient (Wildman–Crippen LogP) is 0.215. The van der Waals surface area contributed by atoms with Crippen LogP contribution in [0.15, 0.2) is 0 Å². The maximum atomic E-state index is 12.1. The molecule has 0 aromatic heterocycles. The van der Waals surface area contributed by atoms with E-state index in [9.17, 15) is 19.5 Å². The van der Waals surface area contributed by atoms with E-state index in [1.807, 2.05) is 0 Å². The molecule has 3 rings (SSSR count). The summed E-state index contributed by atoms with van der Waals surface area (Å²) in [7, 11) is 0. The molecule has 2 heterocycles. The molecule has 3 fully saturated rings. The third kappa shape index (κ3) is 1.65. The van der Waals surface area contributed by atoms with E-state index in [1.54, 1.807) is 4.90 Å². The minimum Gasteiger partial charge on any atom is -0.479 e. The summed E-state index contributed by atoms with van der Waals surface area (Å²) >= 11 is 0. The van der Waals surface area contributed by atoms with Gasteiger partial charge in [-0.1, -0.05) is 0 Å². The van der Waals surface area contributed by atoms with E-state index in [1.165, 1.54) is 4.90 Å². The van der Waals surface area contributed by atoms with Crippen molar-refractivity contribution in [2.24, 2.45) is 0 Å². The van der Waals surface area contributed by atoms with Crippen molar-refractivity contribution in [1.29, 1.82) is 0 Å². The van der Waals surface area contributed by atoms with Crippen LogP contribution in [0.4, 0.5) is 0 Å². The van der Waals surface area contributed by atoms with Gasteiger partial charge >= 0.3 is 5.97 Å². The summed E-state index contributed by atoms with van der Waals surface area (Å²) < 4.78 is 0. The highest BCUT2D eigenvalue weighted by Crippen LogP contribution is 2.44. The van der Waals surface area contributed by atoms with Crippen molar-refractivity contribution in [1.82, 2.24) is 9.80 Å². The van der Waals surface area contributed by atoms with Gasteiger partial charge in [-0.05, 0) is 32.1 Å². The third-order valence-corrected chi connectivity index (χ3v) is 4.68. The van der Waals surface area contributed by atoms with Crippen molar-refractivity contribution in [3.63, 3.8) is 0 Å². The van der Waals surface area contributed by atoms with E-state index in [-0.39, 0.29) is 24.4 Å². The summed E-state index contributed by atoms with van der Waals surface area (Å²) in [5.41, 5.74) is -1.33. The topological polar surface area (TPSA) is 77.9 Å². The second-order valence-electron chi connectivity index (χ2n) is 5.75. The lowest BCUT2D eigenvalue weighted by atomic mass is 9.83. The van der Waals surface area contributed by atoms with Gasteiger partial charge in [0.1, 0.15) is 0 Å². The molecule has 2 amide bonds. The Morgan fingerprint density at radius 1 is 1.37 bits per heavy atom. The van der Waals surface area contributed by atoms with E-state index in [0.717, 1.165) is 25.7 Å². The minimum absolute atomic E-state index is 0.00303. The number of hydrogen-bond acceptors (Lipinski definition) is 3. The first-order valence-corrected chi connectivity index (χ1v) is 6.88. The first-order chi connectivity index (χ1) is 9.11. The molecule has 6 nitrogen and oxygen atoms in total. The van der Waals surface area contributed by atoms with Crippen LogP contribution in [0.5, 0.6) is 0 Å². The Kier molecular flexibility index (Phi) is 2.76. The van der Waals surface area contributed by atoms with Gasteiger partial charge in [0.15, 0.2) is 5.54 Å². The molecule has 1 N–H and O–H groups in total. The molecule has 2 unspecified atom stereocenters. The molecule has 1 saturated carbocycles. The number of fused-ring (bicyclic) bond motifs is 1. The number of carbonyl (C=O) groups is 3. The highest BCUT2D eigenvalue weighted by atomic mass is 16.4. The molecule has 6 heteroatoms. The number of carbonyl (C=O) groups excluding carboxylic acids is 2. The van der Waals surface area contributed by atoms with Gasteiger partial charge in [0.25, 0.3) is 0 Å². The molecule has 104 valence electrons. The van der Waals surface area contributed by atoms with Gasteiger partial charge in [-0.25, -0.2) is 4.79 Å². The molecule has 0 aromatic carbocycles.